The fourth-order valence-electron chi connectivity index (χ4n) is 1.67. The zero-order valence-electron chi connectivity index (χ0n) is 8.99. The molecule has 0 saturated carbocycles. The maximum absolute atomic E-state index is 11.2. The highest BCUT2D eigenvalue weighted by atomic mass is 16.5. The molecule has 0 unspecified atom stereocenters. The maximum atomic E-state index is 11.2. The zero-order chi connectivity index (χ0) is 11.6. The summed E-state index contributed by atoms with van der Waals surface area (Å²) in [7, 11) is 1.48. The molecule has 7 nitrogen and oxygen atoms in total. The third-order valence-electron chi connectivity index (χ3n) is 2.68. The van der Waals surface area contributed by atoms with E-state index in [0.717, 1.165) is 0 Å². The number of aromatic nitrogens is 2. The molecule has 2 heterocycles. The van der Waals surface area contributed by atoms with Crippen LogP contribution in [0.2, 0.25) is 0 Å². The van der Waals surface area contributed by atoms with Gasteiger partial charge in [0.2, 0.25) is 0 Å². The molecule has 0 aliphatic carbocycles. The van der Waals surface area contributed by atoms with Crippen LogP contribution in [0, 0.1) is 0 Å². The number of aliphatic hydroxyl groups is 1. The van der Waals surface area contributed by atoms with Gasteiger partial charge in [-0.2, -0.15) is 4.98 Å². The molecule has 1 fully saturated rings. The number of rotatable bonds is 2. The van der Waals surface area contributed by atoms with Gasteiger partial charge < -0.3 is 20.3 Å². The molecule has 1 amide bonds. The molecular weight excluding hydrogens is 212 g/mol. The summed E-state index contributed by atoms with van der Waals surface area (Å²) in [6.07, 6.45) is 1.00. The lowest BCUT2D eigenvalue weighted by atomic mass is 9.92. The van der Waals surface area contributed by atoms with Crippen LogP contribution in [-0.4, -0.2) is 41.3 Å². The van der Waals surface area contributed by atoms with Crippen molar-refractivity contribution in [3.63, 3.8) is 0 Å². The molecule has 1 aromatic heterocycles. The summed E-state index contributed by atoms with van der Waals surface area (Å²) in [4.78, 5) is 15.1. The number of piperidine rings is 1. The van der Waals surface area contributed by atoms with Gasteiger partial charge >= 0.3 is 0 Å². The number of carbonyl (C=O) groups is 1. The minimum atomic E-state index is -1.11. The van der Waals surface area contributed by atoms with E-state index < -0.39 is 11.5 Å². The van der Waals surface area contributed by atoms with Gasteiger partial charge in [0.1, 0.15) is 5.60 Å². The normalized spacial score (nSPS) is 19.4. The average Bonchev–Trinajstić information content (AvgIpc) is 2.79. The van der Waals surface area contributed by atoms with E-state index in [0.29, 0.717) is 25.9 Å². The van der Waals surface area contributed by atoms with Gasteiger partial charge in [-0.25, -0.2) is 0 Å². The van der Waals surface area contributed by atoms with Crippen LogP contribution in [0.25, 0.3) is 0 Å². The summed E-state index contributed by atoms with van der Waals surface area (Å²) < 4.78 is 4.93. The van der Waals surface area contributed by atoms with Crippen LogP contribution < -0.4 is 10.6 Å². The Bertz CT molecular complexity index is 384. The molecule has 0 spiro atoms. The van der Waals surface area contributed by atoms with Gasteiger partial charge in [-0.1, -0.05) is 5.16 Å². The lowest BCUT2D eigenvalue weighted by Gasteiger charge is -2.28. The first kappa shape index (κ1) is 11.0. The van der Waals surface area contributed by atoms with Gasteiger partial charge in [0.15, 0.2) is 0 Å². The van der Waals surface area contributed by atoms with E-state index in [9.17, 15) is 9.90 Å². The highest BCUT2D eigenvalue weighted by Crippen LogP contribution is 2.28. The third kappa shape index (κ3) is 1.91. The van der Waals surface area contributed by atoms with E-state index in [1.807, 2.05) is 0 Å². The molecule has 2 rings (SSSR count). The smallest absolute Gasteiger partial charge is 0.292 e. The lowest BCUT2D eigenvalue weighted by molar-refractivity contribution is -0.0228. The summed E-state index contributed by atoms with van der Waals surface area (Å²) in [5.74, 6) is -0.357. The highest BCUT2D eigenvalue weighted by molar-refractivity contribution is 5.89. The summed E-state index contributed by atoms with van der Waals surface area (Å²) in [6.45, 7) is 1.38. The van der Waals surface area contributed by atoms with Crippen molar-refractivity contribution >= 4 is 5.91 Å². The third-order valence-corrected chi connectivity index (χ3v) is 2.68. The van der Waals surface area contributed by atoms with E-state index in [2.05, 4.69) is 20.8 Å². The van der Waals surface area contributed by atoms with Crippen molar-refractivity contribution in [3.8, 4) is 0 Å². The highest BCUT2D eigenvalue weighted by Gasteiger charge is 2.37. The number of hydrogen-bond donors (Lipinski definition) is 3. The Hall–Kier alpha value is -1.47. The summed E-state index contributed by atoms with van der Waals surface area (Å²) in [5.41, 5.74) is -1.11. The van der Waals surface area contributed by atoms with E-state index >= 15 is 0 Å². The van der Waals surface area contributed by atoms with Crippen LogP contribution in [-0.2, 0) is 5.60 Å². The van der Waals surface area contributed by atoms with Crippen molar-refractivity contribution in [2.45, 2.75) is 18.4 Å². The van der Waals surface area contributed by atoms with Gasteiger partial charge in [-0.15, -0.1) is 0 Å². The summed E-state index contributed by atoms with van der Waals surface area (Å²) in [6, 6.07) is 0. The van der Waals surface area contributed by atoms with E-state index in [4.69, 9.17) is 4.52 Å². The Morgan fingerprint density at radius 2 is 2.25 bits per heavy atom. The van der Waals surface area contributed by atoms with Crippen molar-refractivity contribution < 1.29 is 14.4 Å². The molecule has 1 aromatic rings. The first-order chi connectivity index (χ1) is 7.65. The number of carbonyl (C=O) groups excluding carboxylic acids is 1. The summed E-state index contributed by atoms with van der Waals surface area (Å²) >= 11 is 0. The van der Waals surface area contributed by atoms with Crippen molar-refractivity contribution in [1.82, 2.24) is 20.8 Å². The largest absolute Gasteiger partial charge is 0.380 e. The molecule has 1 aliphatic heterocycles. The molecule has 3 N–H and O–H groups in total. The Morgan fingerprint density at radius 1 is 1.56 bits per heavy atom. The predicted octanol–water partition coefficient (Wildman–Crippen LogP) is -1.000. The minimum absolute atomic E-state index is 0.0514. The van der Waals surface area contributed by atoms with E-state index in [-0.39, 0.29) is 11.7 Å². The van der Waals surface area contributed by atoms with E-state index in [1.165, 1.54) is 7.05 Å². The number of amides is 1. The molecule has 0 bridgehead atoms. The Kier molecular flexibility index (Phi) is 2.88. The van der Waals surface area contributed by atoms with Gasteiger partial charge in [-0.05, 0) is 25.9 Å². The quantitative estimate of drug-likeness (QED) is 0.598. The van der Waals surface area contributed by atoms with Gasteiger partial charge in [0.05, 0.1) is 0 Å². The molecule has 1 saturated heterocycles. The van der Waals surface area contributed by atoms with Crippen LogP contribution in [0.15, 0.2) is 4.52 Å². The second kappa shape index (κ2) is 4.18. The van der Waals surface area contributed by atoms with Crippen molar-refractivity contribution in [3.05, 3.63) is 11.7 Å². The molecule has 1 aliphatic rings. The first-order valence-corrected chi connectivity index (χ1v) is 5.15. The lowest BCUT2D eigenvalue weighted by Crippen LogP contribution is -2.40. The average molecular weight is 226 g/mol. The van der Waals surface area contributed by atoms with Gasteiger partial charge in [0, 0.05) is 7.05 Å². The van der Waals surface area contributed by atoms with Crippen molar-refractivity contribution in [2.75, 3.05) is 20.1 Å². The molecule has 0 atom stereocenters. The monoisotopic (exact) mass is 226 g/mol. The van der Waals surface area contributed by atoms with Crippen LogP contribution in [0.3, 0.4) is 0 Å². The van der Waals surface area contributed by atoms with Crippen LogP contribution >= 0.6 is 0 Å². The Labute approximate surface area is 92.2 Å². The predicted molar refractivity (Wildman–Crippen MR) is 53.7 cm³/mol. The zero-order valence-corrected chi connectivity index (χ0v) is 8.99. The minimum Gasteiger partial charge on any atom is -0.380 e. The van der Waals surface area contributed by atoms with E-state index in [1.54, 1.807) is 0 Å². The molecular formula is C9H14N4O3. The SMILES string of the molecule is CNC(=O)c1noc(C2(O)CCNCC2)n1. The molecule has 16 heavy (non-hydrogen) atoms. The number of nitrogens with one attached hydrogen (secondary N) is 2. The maximum Gasteiger partial charge on any atom is 0.292 e. The second-order valence-electron chi connectivity index (χ2n) is 3.78. The van der Waals surface area contributed by atoms with Gasteiger partial charge in [0.25, 0.3) is 17.6 Å². The second-order valence-corrected chi connectivity index (χ2v) is 3.78. The van der Waals surface area contributed by atoms with Crippen molar-refractivity contribution in [2.24, 2.45) is 0 Å². The topological polar surface area (TPSA) is 100 Å². The van der Waals surface area contributed by atoms with Crippen LogP contribution in [0.1, 0.15) is 29.4 Å². The standard InChI is InChI=1S/C9H14N4O3/c1-10-7(14)6-12-8(16-13-6)9(15)2-4-11-5-3-9/h11,15H,2-5H2,1H3,(H,10,14). The number of nitrogens with zero attached hydrogens (tertiary/aromatic N) is 2. The van der Waals surface area contributed by atoms with Gasteiger partial charge in [-0.3, -0.25) is 4.79 Å². The Balaban J connectivity index is 2.20. The summed E-state index contributed by atoms with van der Waals surface area (Å²) in [5, 5.41) is 19.3. The molecule has 0 radical (unpaired) electrons. The molecule has 0 aromatic carbocycles. The van der Waals surface area contributed by atoms with Crippen molar-refractivity contribution in [1.29, 1.82) is 0 Å². The Morgan fingerprint density at radius 3 is 2.88 bits per heavy atom. The molecule has 7 heteroatoms. The van der Waals surface area contributed by atoms with Crippen LogP contribution in [0.5, 0.6) is 0 Å². The number of hydrogen-bond acceptors (Lipinski definition) is 6. The fraction of sp³-hybridized carbons (Fsp3) is 0.667. The molecule has 88 valence electrons. The van der Waals surface area contributed by atoms with Crippen LogP contribution in [0.4, 0.5) is 0 Å². The fourth-order valence-corrected chi connectivity index (χ4v) is 1.67. The first-order valence-electron chi connectivity index (χ1n) is 5.15.